The molecule has 7 heteroatoms. The molecule has 6 nitrogen and oxygen atoms in total. The molecular formula is C21H30IN3O3. The number of rotatable bonds is 7. The number of ether oxygens (including phenoxy) is 2. The molecule has 0 radical (unpaired) electrons. The molecule has 0 aliphatic carbocycles. The van der Waals surface area contributed by atoms with Gasteiger partial charge in [0.25, 0.3) is 0 Å². The van der Waals surface area contributed by atoms with Gasteiger partial charge in [0.05, 0.1) is 26.8 Å². The van der Waals surface area contributed by atoms with Crippen molar-refractivity contribution < 1.29 is 14.6 Å². The summed E-state index contributed by atoms with van der Waals surface area (Å²) in [6, 6.07) is 11.4. The number of nitrogens with zero attached hydrogens (tertiary/aromatic N) is 1. The fourth-order valence-corrected chi connectivity index (χ4v) is 2.80. The van der Waals surface area contributed by atoms with Crippen molar-refractivity contribution in [1.82, 2.24) is 10.6 Å². The summed E-state index contributed by atoms with van der Waals surface area (Å²) < 4.78 is 10.6. The second-order valence-corrected chi connectivity index (χ2v) is 6.31. The zero-order valence-corrected chi connectivity index (χ0v) is 19.4. The number of hydrogen-bond acceptors (Lipinski definition) is 4. The van der Waals surface area contributed by atoms with E-state index in [9.17, 15) is 5.11 Å². The van der Waals surface area contributed by atoms with Crippen molar-refractivity contribution in [1.29, 1.82) is 0 Å². The van der Waals surface area contributed by atoms with E-state index in [0.29, 0.717) is 18.3 Å². The number of aryl methyl sites for hydroxylation is 1. The summed E-state index contributed by atoms with van der Waals surface area (Å²) in [5.41, 5.74) is 3.14. The van der Waals surface area contributed by atoms with Crippen LogP contribution in [0.2, 0.25) is 0 Å². The van der Waals surface area contributed by atoms with Gasteiger partial charge in [-0.05, 0) is 44.5 Å². The Morgan fingerprint density at radius 3 is 2.39 bits per heavy atom. The summed E-state index contributed by atoms with van der Waals surface area (Å²) in [6.07, 6.45) is 0. The van der Waals surface area contributed by atoms with Gasteiger partial charge in [-0.3, -0.25) is 0 Å². The maximum Gasteiger partial charge on any atom is 0.192 e. The van der Waals surface area contributed by atoms with Gasteiger partial charge in [-0.15, -0.1) is 24.0 Å². The van der Waals surface area contributed by atoms with Gasteiger partial charge < -0.3 is 25.2 Å². The Morgan fingerprint density at radius 1 is 1.11 bits per heavy atom. The van der Waals surface area contributed by atoms with Gasteiger partial charge in [-0.25, -0.2) is 4.99 Å². The highest BCUT2D eigenvalue weighted by Crippen LogP contribution is 2.27. The molecule has 0 bridgehead atoms. The van der Waals surface area contributed by atoms with Crippen LogP contribution in [0, 0.1) is 6.92 Å². The molecule has 2 aromatic carbocycles. The van der Waals surface area contributed by atoms with E-state index >= 15 is 0 Å². The Bertz CT molecular complexity index is 796. The third-order valence-electron chi connectivity index (χ3n) is 4.21. The molecule has 0 saturated carbocycles. The van der Waals surface area contributed by atoms with Crippen molar-refractivity contribution in [2.24, 2.45) is 4.99 Å². The average Bonchev–Trinajstić information content (AvgIpc) is 2.66. The van der Waals surface area contributed by atoms with Gasteiger partial charge in [0.1, 0.15) is 5.75 Å². The summed E-state index contributed by atoms with van der Waals surface area (Å²) in [5, 5.41) is 16.6. The maximum absolute atomic E-state index is 9.92. The number of methoxy groups -OCH3 is 2. The minimum Gasteiger partial charge on any atom is -0.504 e. The molecule has 2 aromatic rings. The minimum absolute atomic E-state index is 0. The maximum atomic E-state index is 9.92. The number of aliphatic imine (C=N–C) groups is 1. The second kappa shape index (κ2) is 11.6. The lowest BCUT2D eigenvalue weighted by Gasteiger charge is -2.20. The molecule has 0 spiro atoms. The number of phenolic OH excluding ortho intramolecular Hbond substituents is 1. The van der Waals surface area contributed by atoms with Crippen LogP contribution in [-0.4, -0.2) is 31.8 Å². The molecule has 1 atom stereocenters. The van der Waals surface area contributed by atoms with Gasteiger partial charge in [0.2, 0.25) is 0 Å². The third-order valence-corrected chi connectivity index (χ3v) is 4.21. The topological polar surface area (TPSA) is 75.1 Å². The summed E-state index contributed by atoms with van der Waals surface area (Å²) in [5.74, 6) is 2.11. The number of nitrogens with one attached hydrogen (secondary N) is 2. The molecule has 0 heterocycles. The first-order valence-electron chi connectivity index (χ1n) is 9.03. The molecule has 28 heavy (non-hydrogen) atoms. The Hall–Kier alpha value is -2.16. The molecule has 0 aliphatic heterocycles. The summed E-state index contributed by atoms with van der Waals surface area (Å²) >= 11 is 0. The number of benzene rings is 2. The molecule has 0 aliphatic rings. The molecule has 0 aromatic heterocycles. The molecule has 1 unspecified atom stereocenters. The molecule has 0 amide bonds. The number of guanidine groups is 1. The first kappa shape index (κ1) is 23.9. The van der Waals surface area contributed by atoms with Crippen molar-refractivity contribution in [3.8, 4) is 17.2 Å². The molecule has 0 fully saturated rings. The predicted octanol–water partition coefficient (Wildman–Crippen LogP) is 4.15. The van der Waals surface area contributed by atoms with Gasteiger partial charge >= 0.3 is 0 Å². The number of hydrogen-bond donors (Lipinski definition) is 3. The molecular weight excluding hydrogens is 469 g/mol. The Labute approximate surface area is 184 Å². The first-order chi connectivity index (χ1) is 13.0. The van der Waals surface area contributed by atoms with Crippen LogP contribution in [0.15, 0.2) is 41.4 Å². The van der Waals surface area contributed by atoms with Crippen LogP contribution in [0.1, 0.15) is 36.6 Å². The number of phenols is 1. The van der Waals surface area contributed by atoms with E-state index in [1.165, 1.54) is 12.7 Å². The molecule has 2 rings (SSSR count). The van der Waals surface area contributed by atoms with Gasteiger partial charge in [0, 0.05) is 12.1 Å². The lowest BCUT2D eigenvalue weighted by atomic mass is 10.0. The number of halogens is 1. The Balaban J connectivity index is 0.00000392. The average molecular weight is 499 g/mol. The van der Waals surface area contributed by atoms with E-state index in [1.807, 2.05) is 25.1 Å². The molecule has 3 N–H and O–H groups in total. The fourth-order valence-electron chi connectivity index (χ4n) is 2.80. The second-order valence-electron chi connectivity index (χ2n) is 6.31. The van der Waals surface area contributed by atoms with Crippen LogP contribution in [0.4, 0.5) is 0 Å². The van der Waals surface area contributed by atoms with Crippen molar-refractivity contribution in [3.63, 3.8) is 0 Å². The van der Waals surface area contributed by atoms with E-state index < -0.39 is 0 Å². The molecule has 154 valence electrons. The standard InChI is InChI=1S/C21H29N3O3.HI/c1-6-22-21(23-13-16-8-10-20(27-5)18(25)12-16)24-15(3)17-11-14(2)7-9-19(17)26-4;/h7-12,15,25H,6,13H2,1-5H3,(H2,22,23,24);1H. The van der Waals surface area contributed by atoms with Crippen LogP contribution < -0.4 is 20.1 Å². The van der Waals surface area contributed by atoms with E-state index in [4.69, 9.17) is 9.47 Å². The smallest absolute Gasteiger partial charge is 0.192 e. The third kappa shape index (κ3) is 6.47. The van der Waals surface area contributed by atoms with Crippen LogP contribution in [0.5, 0.6) is 17.2 Å². The normalized spacial score (nSPS) is 12.0. The fraction of sp³-hybridized carbons (Fsp3) is 0.381. The first-order valence-corrected chi connectivity index (χ1v) is 9.03. The monoisotopic (exact) mass is 499 g/mol. The minimum atomic E-state index is 0. The summed E-state index contributed by atoms with van der Waals surface area (Å²) in [6.45, 7) is 7.34. The van der Waals surface area contributed by atoms with Crippen molar-refractivity contribution >= 4 is 29.9 Å². The van der Waals surface area contributed by atoms with Crippen LogP contribution >= 0.6 is 24.0 Å². The lowest BCUT2D eigenvalue weighted by Crippen LogP contribution is -2.38. The van der Waals surface area contributed by atoms with Crippen molar-refractivity contribution in [3.05, 3.63) is 53.1 Å². The highest BCUT2D eigenvalue weighted by molar-refractivity contribution is 14.0. The van der Waals surface area contributed by atoms with Gasteiger partial charge in [-0.1, -0.05) is 23.8 Å². The van der Waals surface area contributed by atoms with Crippen molar-refractivity contribution in [2.45, 2.75) is 33.4 Å². The van der Waals surface area contributed by atoms with Crippen LogP contribution in [0.25, 0.3) is 0 Å². The predicted molar refractivity (Wildman–Crippen MR) is 124 cm³/mol. The van der Waals surface area contributed by atoms with E-state index in [0.717, 1.165) is 23.4 Å². The highest BCUT2D eigenvalue weighted by atomic mass is 127. The van der Waals surface area contributed by atoms with Gasteiger partial charge in [0.15, 0.2) is 17.5 Å². The Kier molecular flexibility index (Phi) is 9.92. The zero-order chi connectivity index (χ0) is 19.8. The van der Waals surface area contributed by atoms with Gasteiger partial charge in [-0.2, -0.15) is 0 Å². The van der Waals surface area contributed by atoms with Crippen LogP contribution in [0.3, 0.4) is 0 Å². The number of aromatic hydroxyl groups is 1. The quantitative estimate of drug-likeness (QED) is 0.303. The van der Waals surface area contributed by atoms with E-state index in [1.54, 1.807) is 19.2 Å². The van der Waals surface area contributed by atoms with Crippen molar-refractivity contribution in [2.75, 3.05) is 20.8 Å². The summed E-state index contributed by atoms with van der Waals surface area (Å²) in [4.78, 5) is 4.63. The lowest BCUT2D eigenvalue weighted by molar-refractivity contribution is 0.373. The summed E-state index contributed by atoms with van der Waals surface area (Å²) in [7, 11) is 3.21. The molecule has 0 saturated heterocycles. The SMILES string of the molecule is CCNC(=NCc1ccc(OC)c(O)c1)NC(C)c1cc(C)ccc1OC.I. The van der Waals surface area contributed by atoms with E-state index in [-0.39, 0.29) is 35.8 Å². The highest BCUT2D eigenvalue weighted by Gasteiger charge is 2.13. The zero-order valence-electron chi connectivity index (χ0n) is 17.1. The largest absolute Gasteiger partial charge is 0.504 e. The Morgan fingerprint density at radius 2 is 1.79 bits per heavy atom. The van der Waals surface area contributed by atoms with E-state index in [2.05, 4.69) is 35.5 Å². The van der Waals surface area contributed by atoms with Crippen LogP contribution in [-0.2, 0) is 6.54 Å².